The van der Waals surface area contributed by atoms with Gasteiger partial charge in [-0.1, -0.05) is 32.0 Å². The fourth-order valence-corrected chi connectivity index (χ4v) is 3.68. The van der Waals surface area contributed by atoms with E-state index in [4.69, 9.17) is 9.15 Å². The van der Waals surface area contributed by atoms with E-state index < -0.39 is 0 Å². The molecular formula is C22H31N3O3. The number of morpholine rings is 1. The molecule has 0 radical (unpaired) electrons. The van der Waals surface area contributed by atoms with Crippen molar-refractivity contribution >= 4 is 11.7 Å². The number of furan rings is 1. The van der Waals surface area contributed by atoms with E-state index in [2.05, 4.69) is 47.6 Å². The van der Waals surface area contributed by atoms with E-state index in [0.29, 0.717) is 19.8 Å². The average molecular weight is 386 g/mol. The second kappa shape index (κ2) is 9.75. The first-order valence-corrected chi connectivity index (χ1v) is 10.2. The Morgan fingerprint density at radius 2 is 1.79 bits per heavy atom. The van der Waals surface area contributed by atoms with Gasteiger partial charge in [-0.2, -0.15) is 0 Å². The molecule has 2 aromatic rings. The van der Waals surface area contributed by atoms with Gasteiger partial charge in [0.15, 0.2) is 0 Å². The first-order chi connectivity index (χ1) is 13.6. The summed E-state index contributed by atoms with van der Waals surface area (Å²) in [5, 5.41) is 6.12. The van der Waals surface area contributed by atoms with E-state index in [1.807, 2.05) is 19.1 Å². The molecule has 3 rings (SSSR count). The maximum Gasteiger partial charge on any atom is 0.319 e. The van der Waals surface area contributed by atoms with E-state index >= 15 is 0 Å². The topological polar surface area (TPSA) is 66.7 Å². The number of benzene rings is 1. The first kappa shape index (κ1) is 20.4. The van der Waals surface area contributed by atoms with E-state index in [0.717, 1.165) is 54.3 Å². The fraction of sp³-hybridized carbons (Fsp3) is 0.500. The van der Waals surface area contributed by atoms with Crippen LogP contribution in [0.1, 0.15) is 42.5 Å². The molecule has 2 amide bonds. The van der Waals surface area contributed by atoms with Gasteiger partial charge < -0.3 is 19.8 Å². The third-order valence-corrected chi connectivity index (χ3v) is 5.27. The molecule has 1 aromatic carbocycles. The minimum atomic E-state index is -0.183. The molecule has 1 aliphatic heterocycles. The summed E-state index contributed by atoms with van der Waals surface area (Å²) in [7, 11) is 0. The number of aryl methyl sites for hydroxylation is 3. The van der Waals surface area contributed by atoms with E-state index in [1.165, 1.54) is 0 Å². The number of nitrogens with zero attached hydrogens (tertiary/aromatic N) is 1. The number of rotatable bonds is 7. The smallest absolute Gasteiger partial charge is 0.319 e. The van der Waals surface area contributed by atoms with Crippen LogP contribution in [0, 0.1) is 6.92 Å². The summed E-state index contributed by atoms with van der Waals surface area (Å²) in [4.78, 5) is 15.0. The van der Waals surface area contributed by atoms with Crippen molar-refractivity contribution in [3.05, 3.63) is 53.0 Å². The van der Waals surface area contributed by atoms with Gasteiger partial charge in [0.2, 0.25) is 0 Å². The highest BCUT2D eigenvalue weighted by Crippen LogP contribution is 2.24. The maximum atomic E-state index is 12.7. The van der Waals surface area contributed by atoms with Crippen LogP contribution >= 0.6 is 0 Å². The summed E-state index contributed by atoms with van der Waals surface area (Å²) >= 11 is 0. The van der Waals surface area contributed by atoms with Crippen molar-refractivity contribution in [1.29, 1.82) is 0 Å². The van der Waals surface area contributed by atoms with Gasteiger partial charge in [-0.15, -0.1) is 0 Å². The molecule has 28 heavy (non-hydrogen) atoms. The van der Waals surface area contributed by atoms with Crippen molar-refractivity contribution in [2.24, 2.45) is 0 Å². The number of hydrogen-bond acceptors (Lipinski definition) is 4. The zero-order valence-electron chi connectivity index (χ0n) is 17.1. The number of amides is 2. The second-order valence-electron chi connectivity index (χ2n) is 7.11. The quantitative estimate of drug-likeness (QED) is 0.758. The molecule has 1 atom stereocenters. The summed E-state index contributed by atoms with van der Waals surface area (Å²) in [6.45, 7) is 9.68. The van der Waals surface area contributed by atoms with Gasteiger partial charge >= 0.3 is 6.03 Å². The van der Waals surface area contributed by atoms with Gasteiger partial charge in [-0.25, -0.2) is 4.79 Å². The number of ether oxygens (including phenoxy) is 1. The van der Waals surface area contributed by atoms with Crippen LogP contribution in [-0.2, 0) is 17.6 Å². The van der Waals surface area contributed by atoms with Gasteiger partial charge in [0.25, 0.3) is 0 Å². The molecule has 1 saturated heterocycles. The van der Waals surface area contributed by atoms with Gasteiger partial charge in [0.05, 0.1) is 19.3 Å². The van der Waals surface area contributed by atoms with Crippen molar-refractivity contribution < 1.29 is 13.9 Å². The Balaban J connectivity index is 1.68. The predicted molar refractivity (Wildman–Crippen MR) is 111 cm³/mol. The minimum Gasteiger partial charge on any atom is -0.465 e. The largest absolute Gasteiger partial charge is 0.465 e. The van der Waals surface area contributed by atoms with Crippen LogP contribution < -0.4 is 10.6 Å². The summed E-state index contributed by atoms with van der Waals surface area (Å²) in [5.74, 6) is 1.75. The number of carbonyl (C=O) groups excluding carboxylic acids is 1. The Kier molecular flexibility index (Phi) is 7.12. The number of anilines is 1. The highest BCUT2D eigenvalue weighted by molar-refractivity contribution is 5.91. The highest BCUT2D eigenvalue weighted by atomic mass is 16.5. The van der Waals surface area contributed by atoms with Crippen molar-refractivity contribution in [3.8, 4) is 0 Å². The third-order valence-electron chi connectivity index (χ3n) is 5.27. The standard InChI is InChI=1S/C22H31N3O3/c1-4-17-7-6-8-18(5-2)21(17)24-22(26)23-15-19(20-10-9-16(3)28-20)25-11-13-27-14-12-25/h6-10,19H,4-5,11-15H2,1-3H3,(H2,23,24,26). The van der Waals surface area contributed by atoms with Crippen molar-refractivity contribution in [2.75, 3.05) is 38.2 Å². The van der Waals surface area contributed by atoms with Gasteiger partial charge in [-0.3, -0.25) is 4.90 Å². The van der Waals surface area contributed by atoms with Crippen LogP contribution in [0.25, 0.3) is 0 Å². The normalized spacial score (nSPS) is 16.0. The number of para-hydroxylation sites is 1. The zero-order valence-corrected chi connectivity index (χ0v) is 17.1. The Bertz CT molecular complexity index is 759. The molecule has 152 valence electrons. The molecule has 6 heteroatoms. The molecular weight excluding hydrogens is 354 g/mol. The van der Waals surface area contributed by atoms with Gasteiger partial charge in [0, 0.05) is 25.3 Å². The number of carbonyl (C=O) groups is 1. The van der Waals surface area contributed by atoms with Crippen LogP contribution in [0.5, 0.6) is 0 Å². The van der Waals surface area contributed by atoms with Crippen molar-refractivity contribution in [1.82, 2.24) is 10.2 Å². The first-order valence-electron chi connectivity index (χ1n) is 10.2. The predicted octanol–water partition coefficient (Wildman–Crippen LogP) is 3.91. The molecule has 1 unspecified atom stereocenters. The lowest BCUT2D eigenvalue weighted by Crippen LogP contribution is -2.44. The molecule has 1 aromatic heterocycles. The van der Waals surface area contributed by atoms with Crippen LogP contribution in [-0.4, -0.2) is 43.8 Å². The molecule has 0 spiro atoms. The number of hydrogen-bond donors (Lipinski definition) is 2. The molecule has 1 aliphatic rings. The third kappa shape index (κ3) is 4.94. The Hall–Kier alpha value is -2.31. The van der Waals surface area contributed by atoms with Gasteiger partial charge in [0.1, 0.15) is 11.5 Å². The van der Waals surface area contributed by atoms with E-state index in [-0.39, 0.29) is 12.1 Å². The van der Waals surface area contributed by atoms with E-state index in [1.54, 1.807) is 0 Å². The lowest BCUT2D eigenvalue weighted by atomic mass is 10.0. The molecule has 2 N–H and O–H groups in total. The molecule has 1 fully saturated rings. The summed E-state index contributed by atoms with van der Waals surface area (Å²) in [6, 6.07) is 9.96. The zero-order chi connectivity index (χ0) is 19.9. The number of nitrogens with one attached hydrogen (secondary N) is 2. The summed E-state index contributed by atoms with van der Waals surface area (Å²) in [6.07, 6.45) is 1.76. The van der Waals surface area contributed by atoms with E-state index in [9.17, 15) is 4.79 Å². The summed E-state index contributed by atoms with van der Waals surface area (Å²) in [5.41, 5.74) is 3.24. The number of urea groups is 1. The molecule has 0 bridgehead atoms. The highest BCUT2D eigenvalue weighted by Gasteiger charge is 2.25. The average Bonchev–Trinajstić information content (AvgIpc) is 3.15. The SMILES string of the molecule is CCc1cccc(CC)c1NC(=O)NCC(c1ccc(C)o1)N1CCOCC1. The van der Waals surface area contributed by atoms with Crippen molar-refractivity contribution in [2.45, 2.75) is 39.7 Å². The van der Waals surface area contributed by atoms with Crippen LogP contribution in [0.15, 0.2) is 34.7 Å². The molecule has 6 nitrogen and oxygen atoms in total. The van der Waals surface area contributed by atoms with Crippen LogP contribution in [0.4, 0.5) is 10.5 Å². The molecule has 0 aliphatic carbocycles. The Labute approximate surface area is 167 Å². The maximum absolute atomic E-state index is 12.7. The fourth-order valence-electron chi connectivity index (χ4n) is 3.68. The van der Waals surface area contributed by atoms with Crippen LogP contribution in [0.3, 0.4) is 0 Å². The summed E-state index contributed by atoms with van der Waals surface area (Å²) < 4.78 is 11.3. The monoisotopic (exact) mass is 385 g/mol. The lowest BCUT2D eigenvalue weighted by Gasteiger charge is -2.33. The van der Waals surface area contributed by atoms with Crippen LogP contribution in [0.2, 0.25) is 0 Å². The Morgan fingerprint density at radius 1 is 1.11 bits per heavy atom. The molecule has 0 saturated carbocycles. The second-order valence-corrected chi connectivity index (χ2v) is 7.11. The Morgan fingerprint density at radius 3 is 2.36 bits per heavy atom. The lowest BCUT2D eigenvalue weighted by molar-refractivity contribution is 0.0122. The minimum absolute atomic E-state index is 0.00425. The molecule has 2 heterocycles. The van der Waals surface area contributed by atoms with Crippen molar-refractivity contribution in [3.63, 3.8) is 0 Å². The van der Waals surface area contributed by atoms with Gasteiger partial charge in [-0.05, 0) is 43.0 Å².